The predicted molar refractivity (Wildman–Crippen MR) is 85.1 cm³/mol. The lowest BCUT2D eigenvalue weighted by atomic mass is 10.1. The van der Waals surface area contributed by atoms with Gasteiger partial charge in [-0.05, 0) is 53.9 Å². The molecule has 4 heteroatoms. The molecule has 2 nitrogen and oxygen atoms in total. The minimum absolute atomic E-state index is 0.897. The van der Waals surface area contributed by atoms with E-state index in [0.717, 1.165) is 26.3 Å². The van der Waals surface area contributed by atoms with Gasteiger partial charge in [-0.25, -0.2) is 0 Å². The third kappa shape index (κ3) is 3.37. The number of nitrogens with zero attached hydrogens (tertiary/aromatic N) is 1. The molecule has 0 aliphatic carbocycles. The van der Waals surface area contributed by atoms with Gasteiger partial charge in [0, 0.05) is 22.3 Å². The summed E-state index contributed by atoms with van der Waals surface area (Å²) in [6.07, 6.45) is 2.41. The van der Waals surface area contributed by atoms with Crippen LogP contribution < -0.4 is 0 Å². The molecule has 0 radical (unpaired) electrons. The second-order valence-electron chi connectivity index (χ2n) is 4.96. The van der Waals surface area contributed by atoms with Crippen molar-refractivity contribution in [3.8, 4) is 0 Å². The molecule has 1 aliphatic heterocycles. The standard InChI is InChI=1S/C15H18BrNOS/c16-13-3-4-15-14(10-13)12(11-19-15)2-1-5-17-6-8-18-9-7-17/h3-4,10-11H,1-2,5-9H2. The Bertz CT molecular complexity index is 548. The second kappa shape index (κ2) is 6.35. The lowest BCUT2D eigenvalue weighted by molar-refractivity contribution is 0.0375. The molecule has 0 N–H and O–H groups in total. The number of thiophene rings is 1. The summed E-state index contributed by atoms with van der Waals surface area (Å²) in [5.41, 5.74) is 1.49. The maximum Gasteiger partial charge on any atom is 0.0594 e. The molecular weight excluding hydrogens is 322 g/mol. The van der Waals surface area contributed by atoms with E-state index in [1.807, 2.05) is 11.3 Å². The number of ether oxygens (including phenoxy) is 1. The van der Waals surface area contributed by atoms with Crippen LogP contribution in [0.4, 0.5) is 0 Å². The Kier molecular flexibility index (Phi) is 4.53. The fraction of sp³-hybridized carbons (Fsp3) is 0.467. The zero-order valence-corrected chi connectivity index (χ0v) is 13.3. The van der Waals surface area contributed by atoms with Crippen LogP contribution in [0.3, 0.4) is 0 Å². The number of rotatable bonds is 4. The van der Waals surface area contributed by atoms with Crippen molar-refractivity contribution in [3.05, 3.63) is 33.6 Å². The van der Waals surface area contributed by atoms with Gasteiger partial charge < -0.3 is 4.74 Å². The molecule has 1 aromatic carbocycles. The van der Waals surface area contributed by atoms with Crippen LogP contribution in [-0.4, -0.2) is 37.7 Å². The quantitative estimate of drug-likeness (QED) is 0.836. The van der Waals surface area contributed by atoms with E-state index in [2.05, 4.69) is 44.4 Å². The van der Waals surface area contributed by atoms with E-state index in [0.29, 0.717) is 0 Å². The highest BCUT2D eigenvalue weighted by molar-refractivity contribution is 9.10. The molecule has 0 bridgehead atoms. The van der Waals surface area contributed by atoms with Crippen molar-refractivity contribution in [1.82, 2.24) is 4.90 Å². The monoisotopic (exact) mass is 339 g/mol. The molecular formula is C15H18BrNOS. The van der Waals surface area contributed by atoms with Crippen molar-refractivity contribution in [2.75, 3.05) is 32.8 Å². The zero-order chi connectivity index (χ0) is 13.1. The van der Waals surface area contributed by atoms with Gasteiger partial charge in [-0.15, -0.1) is 11.3 Å². The van der Waals surface area contributed by atoms with E-state index in [1.54, 1.807) is 0 Å². The van der Waals surface area contributed by atoms with Crippen LogP contribution >= 0.6 is 27.3 Å². The highest BCUT2D eigenvalue weighted by Crippen LogP contribution is 2.29. The van der Waals surface area contributed by atoms with Crippen molar-refractivity contribution in [3.63, 3.8) is 0 Å². The third-order valence-electron chi connectivity index (χ3n) is 3.64. The average Bonchev–Trinajstić information content (AvgIpc) is 2.83. The molecule has 0 unspecified atom stereocenters. The first-order chi connectivity index (χ1) is 9.33. The fourth-order valence-corrected chi connectivity index (χ4v) is 3.90. The molecule has 3 rings (SSSR count). The molecule has 1 fully saturated rings. The predicted octanol–water partition coefficient (Wildman–Crippen LogP) is 3.93. The zero-order valence-electron chi connectivity index (χ0n) is 10.9. The molecule has 0 atom stereocenters. The van der Waals surface area contributed by atoms with Gasteiger partial charge in [0.1, 0.15) is 0 Å². The molecule has 0 spiro atoms. The van der Waals surface area contributed by atoms with E-state index in [-0.39, 0.29) is 0 Å². The van der Waals surface area contributed by atoms with Crippen LogP contribution in [0.15, 0.2) is 28.1 Å². The van der Waals surface area contributed by atoms with Crippen LogP contribution in [-0.2, 0) is 11.2 Å². The van der Waals surface area contributed by atoms with E-state index in [9.17, 15) is 0 Å². The van der Waals surface area contributed by atoms with Crippen LogP contribution in [0.5, 0.6) is 0 Å². The molecule has 1 aliphatic rings. The van der Waals surface area contributed by atoms with Crippen molar-refractivity contribution < 1.29 is 4.74 Å². The van der Waals surface area contributed by atoms with Gasteiger partial charge in [0.2, 0.25) is 0 Å². The molecule has 2 aromatic rings. The summed E-state index contributed by atoms with van der Waals surface area (Å²) < 4.78 is 7.94. The van der Waals surface area contributed by atoms with Crippen molar-refractivity contribution in [1.29, 1.82) is 0 Å². The number of halogens is 1. The summed E-state index contributed by atoms with van der Waals surface area (Å²) in [6, 6.07) is 6.57. The summed E-state index contributed by atoms with van der Waals surface area (Å²) in [4.78, 5) is 2.51. The summed E-state index contributed by atoms with van der Waals surface area (Å²) >= 11 is 5.42. The molecule has 0 saturated carbocycles. The fourth-order valence-electron chi connectivity index (χ4n) is 2.57. The number of aryl methyl sites for hydroxylation is 1. The lowest BCUT2D eigenvalue weighted by Gasteiger charge is -2.26. The van der Waals surface area contributed by atoms with Gasteiger partial charge in [0.15, 0.2) is 0 Å². The first-order valence-electron chi connectivity index (χ1n) is 6.79. The molecule has 0 amide bonds. The van der Waals surface area contributed by atoms with Gasteiger partial charge in [-0.2, -0.15) is 0 Å². The highest BCUT2D eigenvalue weighted by atomic mass is 79.9. The summed E-state index contributed by atoms with van der Waals surface area (Å²) in [7, 11) is 0. The number of fused-ring (bicyclic) bond motifs is 1. The number of hydrogen-bond acceptors (Lipinski definition) is 3. The van der Waals surface area contributed by atoms with Gasteiger partial charge in [-0.3, -0.25) is 4.90 Å². The Balaban J connectivity index is 1.60. The smallest absolute Gasteiger partial charge is 0.0594 e. The van der Waals surface area contributed by atoms with Gasteiger partial charge in [0.25, 0.3) is 0 Å². The van der Waals surface area contributed by atoms with E-state index >= 15 is 0 Å². The Morgan fingerprint density at radius 1 is 1.26 bits per heavy atom. The highest BCUT2D eigenvalue weighted by Gasteiger charge is 2.10. The maximum atomic E-state index is 5.38. The first kappa shape index (κ1) is 13.6. The van der Waals surface area contributed by atoms with Gasteiger partial charge in [-0.1, -0.05) is 15.9 Å². The normalized spacial score (nSPS) is 17.1. The molecule has 2 heterocycles. The largest absolute Gasteiger partial charge is 0.379 e. The van der Waals surface area contributed by atoms with Crippen LogP contribution in [0.25, 0.3) is 10.1 Å². The van der Waals surface area contributed by atoms with Crippen molar-refractivity contribution in [2.45, 2.75) is 12.8 Å². The minimum atomic E-state index is 0.897. The van der Waals surface area contributed by atoms with Crippen molar-refractivity contribution in [2.24, 2.45) is 0 Å². The van der Waals surface area contributed by atoms with Gasteiger partial charge >= 0.3 is 0 Å². The van der Waals surface area contributed by atoms with Crippen LogP contribution in [0.2, 0.25) is 0 Å². The Labute approximate surface area is 126 Å². The summed E-state index contributed by atoms with van der Waals surface area (Å²) in [6.45, 7) is 5.17. The number of morpholine rings is 1. The Morgan fingerprint density at radius 3 is 2.95 bits per heavy atom. The molecule has 1 saturated heterocycles. The SMILES string of the molecule is Brc1ccc2scc(CCCN3CCOCC3)c2c1. The van der Waals surface area contributed by atoms with Crippen LogP contribution in [0, 0.1) is 0 Å². The van der Waals surface area contributed by atoms with E-state index < -0.39 is 0 Å². The molecule has 1 aromatic heterocycles. The molecule has 102 valence electrons. The van der Waals surface area contributed by atoms with E-state index in [1.165, 1.54) is 39.5 Å². The number of hydrogen-bond donors (Lipinski definition) is 0. The number of benzene rings is 1. The summed E-state index contributed by atoms with van der Waals surface area (Å²) in [5, 5.41) is 3.73. The van der Waals surface area contributed by atoms with Gasteiger partial charge in [0.05, 0.1) is 13.2 Å². The second-order valence-corrected chi connectivity index (χ2v) is 6.79. The maximum absolute atomic E-state index is 5.38. The topological polar surface area (TPSA) is 12.5 Å². The Morgan fingerprint density at radius 2 is 2.11 bits per heavy atom. The molecule has 19 heavy (non-hydrogen) atoms. The first-order valence-corrected chi connectivity index (χ1v) is 8.46. The van der Waals surface area contributed by atoms with E-state index in [4.69, 9.17) is 4.74 Å². The average molecular weight is 340 g/mol. The van der Waals surface area contributed by atoms with Crippen molar-refractivity contribution >= 4 is 37.4 Å². The third-order valence-corrected chi connectivity index (χ3v) is 5.15. The summed E-state index contributed by atoms with van der Waals surface area (Å²) in [5.74, 6) is 0. The lowest BCUT2D eigenvalue weighted by Crippen LogP contribution is -2.36. The Hall–Kier alpha value is -0.420. The van der Waals surface area contributed by atoms with Crippen LogP contribution in [0.1, 0.15) is 12.0 Å². The minimum Gasteiger partial charge on any atom is -0.379 e.